The fourth-order valence-electron chi connectivity index (χ4n) is 2.81. The molecule has 0 fully saturated rings. The van der Waals surface area contributed by atoms with E-state index >= 15 is 0 Å². The van der Waals surface area contributed by atoms with Gasteiger partial charge in [0.1, 0.15) is 5.76 Å². The molecule has 0 radical (unpaired) electrons. The van der Waals surface area contributed by atoms with Crippen LogP contribution in [0.25, 0.3) is 0 Å². The Bertz CT molecular complexity index is 959. The zero-order valence-electron chi connectivity index (χ0n) is 16.1. The molecule has 0 saturated heterocycles. The van der Waals surface area contributed by atoms with E-state index in [0.717, 1.165) is 12.0 Å². The van der Waals surface area contributed by atoms with Gasteiger partial charge >= 0.3 is 0 Å². The minimum absolute atomic E-state index is 0.0831. The van der Waals surface area contributed by atoms with Crippen molar-refractivity contribution in [2.24, 2.45) is 0 Å². The van der Waals surface area contributed by atoms with E-state index in [2.05, 4.69) is 34.7 Å². The molecule has 2 N–H and O–H groups in total. The van der Waals surface area contributed by atoms with Crippen molar-refractivity contribution in [3.05, 3.63) is 70.1 Å². The zero-order chi connectivity index (χ0) is 20.1. The Morgan fingerprint density at radius 1 is 1.21 bits per heavy atom. The number of amides is 2. The lowest BCUT2D eigenvalue weighted by atomic mass is 10.0. The molecule has 0 aliphatic carbocycles. The predicted octanol–water partition coefficient (Wildman–Crippen LogP) is 4.28. The minimum Gasteiger partial charge on any atom is -0.469 e. The molecule has 3 aromatic rings. The molecule has 2 heterocycles. The number of thiazole rings is 1. The summed E-state index contributed by atoms with van der Waals surface area (Å²) in [5, 5.41) is 7.95. The van der Waals surface area contributed by atoms with E-state index in [1.165, 1.54) is 23.2 Å². The van der Waals surface area contributed by atoms with Gasteiger partial charge < -0.3 is 9.73 Å². The number of nitrogens with zero attached hydrogens (tertiary/aromatic N) is 1. The molecule has 2 amide bonds. The third-order valence-corrected chi connectivity index (χ3v) is 5.29. The smallest absolute Gasteiger partial charge is 0.260 e. The van der Waals surface area contributed by atoms with Crippen LogP contribution in [0.5, 0.6) is 0 Å². The van der Waals surface area contributed by atoms with Crippen molar-refractivity contribution in [1.29, 1.82) is 0 Å². The van der Waals surface area contributed by atoms with Gasteiger partial charge in [-0.1, -0.05) is 31.2 Å². The molecule has 0 bridgehead atoms. The summed E-state index contributed by atoms with van der Waals surface area (Å²) in [7, 11) is 0. The van der Waals surface area contributed by atoms with E-state index in [0.29, 0.717) is 22.1 Å². The summed E-state index contributed by atoms with van der Waals surface area (Å²) in [5.41, 5.74) is 3.42. The van der Waals surface area contributed by atoms with Crippen LogP contribution in [0.4, 0.5) is 5.13 Å². The molecule has 0 spiro atoms. The molecule has 7 heteroatoms. The van der Waals surface area contributed by atoms with Crippen LogP contribution in [-0.4, -0.2) is 16.8 Å². The van der Waals surface area contributed by atoms with Crippen LogP contribution in [0, 0.1) is 6.92 Å². The van der Waals surface area contributed by atoms with Gasteiger partial charge in [-0.3, -0.25) is 14.9 Å². The maximum absolute atomic E-state index is 12.3. The summed E-state index contributed by atoms with van der Waals surface area (Å²) in [6.45, 7) is 5.80. The van der Waals surface area contributed by atoms with Gasteiger partial charge in [-0.05, 0) is 37.5 Å². The van der Waals surface area contributed by atoms with Crippen molar-refractivity contribution in [2.45, 2.75) is 39.7 Å². The molecule has 0 aliphatic heterocycles. The van der Waals surface area contributed by atoms with Crippen LogP contribution >= 0.6 is 11.3 Å². The average Bonchev–Trinajstić information content (AvgIpc) is 3.30. The van der Waals surface area contributed by atoms with E-state index in [4.69, 9.17) is 4.42 Å². The number of carbonyl (C=O) groups is 2. The third kappa shape index (κ3) is 4.86. The number of anilines is 1. The molecule has 0 aliphatic rings. The number of aromatic nitrogens is 1. The topological polar surface area (TPSA) is 84.2 Å². The van der Waals surface area contributed by atoms with E-state index in [1.807, 2.05) is 19.1 Å². The fraction of sp³-hybridized carbons (Fsp3) is 0.286. The van der Waals surface area contributed by atoms with Gasteiger partial charge in [0.05, 0.1) is 30.0 Å². The summed E-state index contributed by atoms with van der Waals surface area (Å²) < 4.78 is 5.14. The van der Waals surface area contributed by atoms with Crippen LogP contribution < -0.4 is 10.6 Å². The summed E-state index contributed by atoms with van der Waals surface area (Å²) in [6.07, 6.45) is 2.62. The highest BCUT2D eigenvalue weighted by Crippen LogP contribution is 2.19. The summed E-state index contributed by atoms with van der Waals surface area (Å²) in [4.78, 5) is 28.9. The standard InChI is InChI=1S/C21H23N3O3S/c1-4-15-5-7-16(8-6-15)13(2)22-19(25)11-17-12-28-21(23-17)24-20(26)18-9-10-27-14(18)3/h5-10,12-13H,4,11H2,1-3H3,(H,22,25)(H,23,24,26)/t13-/m1/s1. The Kier molecular flexibility index (Phi) is 6.26. The molecular weight excluding hydrogens is 374 g/mol. The highest BCUT2D eigenvalue weighted by molar-refractivity contribution is 7.14. The van der Waals surface area contributed by atoms with Crippen LogP contribution in [0.15, 0.2) is 46.4 Å². The van der Waals surface area contributed by atoms with Gasteiger partial charge in [0.2, 0.25) is 5.91 Å². The Hall–Kier alpha value is -2.93. The van der Waals surface area contributed by atoms with Crippen molar-refractivity contribution in [2.75, 3.05) is 5.32 Å². The van der Waals surface area contributed by atoms with Gasteiger partial charge in [-0.25, -0.2) is 4.98 Å². The highest BCUT2D eigenvalue weighted by Gasteiger charge is 2.15. The number of nitrogens with one attached hydrogen (secondary N) is 2. The largest absolute Gasteiger partial charge is 0.469 e. The van der Waals surface area contributed by atoms with Crippen LogP contribution in [0.2, 0.25) is 0 Å². The number of hydrogen-bond donors (Lipinski definition) is 2. The van der Waals surface area contributed by atoms with E-state index in [1.54, 1.807) is 18.4 Å². The maximum Gasteiger partial charge on any atom is 0.260 e. The molecule has 1 aromatic carbocycles. The van der Waals surface area contributed by atoms with E-state index in [-0.39, 0.29) is 24.3 Å². The van der Waals surface area contributed by atoms with Crippen molar-refractivity contribution in [3.63, 3.8) is 0 Å². The third-order valence-electron chi connectivity index (χ3n) is 4.48. The monoisotopic (exact) mass is 397 g/mol. The Labute approximate surface area is 168 Å². The highest BCUT2D eigenvalue weighted by atomic mass is 32.1. The second-order valence-corrected chi connectivity index (χ2v) is 7.41. The average molecular weight is 398 g/mol. The fourth-order valence-corrected chi connectivity index (χ4v) is 3.52. The molecule has 28 heavy (non-hydrogen) atoms. The normalized spacial score (nSPS) is 11.8. The van der Waals surface area contributed by atoms with Gasteiger partial charge in [-0.15, -0.1) is 11.3 Å². The lowest BCUT2D eigenvalue weighted by molar-refractivity contribution is -0.121. The van der Waals surface area contributed by atoms with Crippen molar-refractivity contribution in [3.8, 4) is 0 Å². The molecule has 1 atom stereocenters. The van der Waals surface area contributed by atoms with Gasteiger partial charge in [-0.2, -0.15) is 0 Å². The first kappa shape index (κ1) is 19.8. The van der Waals surface area contributed by atoms with Crippen LogP contribution in [0.3, 0.4) is 0 Å². The van der Waals surface area contributed by atoms with Gasteiger partial charge in [0.15, 0.2) is 5.13 Å². The second kappa shape index (κ2) is 8.84. The Balaban J connectivity index is 1.54. The Morgan fingerprint density at radius 2 is 1.96 bits per heavy atom. The number of furan rings is 1. The number of rotatable bonds is 7. The summed E-state index contributed by atoms with van der Waals surface area (Å²) in [6, 6.07) is 9.77. The maximum atomic E-state index is 12.3. The molecule has 2 aromatic heterocycles. The zero-order valence-corrected chi connectivity index (χ0v) is 16.9. The SMILES string of the molecule is CCc1ccc([C@@H](C)NC(=O)Cc2csc(NC(=O)c3ccoc3C)n2)cc1. The summed E-state index contributed by atoms with van der Waals surface area (Å²) >= 11 is 1.29. The quantitative estimate of drug-likeness (QED) is 0.623. The molecular formula is C21H23N3O3S. The van der Waals surface area contributed by atoms with Crippen molar-refractivity contribution < 1.29 is 14.0 Å². The lowest BCUT2D eigenvalue weighted by Gasteiger charge is -2.14. The molecule has 0 saturated carbocycles. The van der Waals surface area contributed by atoms with Gasteiger partial charge in [0, 0.05) is 5.38 Å². The lowest BCUT2D eigenvalue weighted by Crippen LogP contribution is -2.28. The number of carbonyl (C=O) groups excluding carboxylic acids is 2. The van der Waals surface area contributed by atoms with E-state index in [9.17, 15) is 9.59 Å². The first-order valence-corrected chi connectivity index (χ1v) is 10.0. The Morgan fingerprint density at radius 3 is 2.61 bits per heavy atom. The van der Waals surface area contributed by atoms with Crippen LogP contribution in [-0.2, 0) is 17.6 Å². The number of hydrogen-bond acceptors (Lipinski definition) is 5. The molecule has 3 rings (SSSR count). The minimum atomic E-state index is -0.277. The van der Waals surface area contributed by atoms with E-state index < -0.39 is 0 Å². The van der Waals surface area contributed by atoms with Crippen LogP contribution in [0.1, 0.15) is 52.8 Å². The molecule has 6 nitrogen and oxygen atoms in total. The van der Waals surface area contributed by atoms with Crippen molar-refractivity contribution in [1.82, 2.24) is 10.3 Å². The number of aryl methyl sites for hydroxylation is 2. The molecule has 146 valence electrons. The number of benzene rings is 1. The predicted molar refractivity (Wildman–Crippen MR) is 110 cm³/mol. The second-order valence-electron chi connectivity index (χ2n) is 6.55. The first-order chi connectivity index (χ1) is 13.5. The molecule has 0 unspecified atom stereocenters. The first-order valence-electron chi connectivity index (χ1n) is 9.14. The van der Waals surface area contributed by atoms with Gasteiger partial charge in [0.25, 0.3) is 5.91 Å². The van der Waals surface area contributed by atoms with Crippen molar-refractivity contribution >= 4 is 28.3 Å². The summed E-state index contributed by atoms with van der Waals surface area (Å²) in [5.74, 6) is 0.163.